The van der Waals surface area contributed by atoms with E-state index < -0.39 is 10.8 Å². The highest BCUT2D eigenvalue weighted by Gasteiger charge is 2.17. The van der Waals surface area contributed by atoms with E-state index in [1.54, 1.807) is 22.6 Å². The molecule has 2 aromatic heterocycles. The monoisotopic (exact) mass is 491 g/mol. The summed E-state index contributed by atoms with van der Waals surface area (Å²) in [5.41, 5.74) is 0.521. The first-order chi connectivity index (χ1) is 15.7. The van der Waals surface area contributed by atoms with E-state index >= 15 is 0 Å². The van der Waals surface area contributed by atoms with Crippen LogP contribution in [-0.4, -0.2) is 48.9 Å². The van der Waals surface area contributed by atoms with Gasteiger partial charge in [0.2, 0.25) is 0 Å². The highest BCUT2D eigenvalue weighted by atomic mass is 35.5. The lowest BCUT2D eigenvalue weighted by atomic mass is 10.2. The van der Waals surface area contributed by atoms with E-state index in [2.05, 4.69) is 53.4 Å². The molecule has 0 aliphatic carbocycles. The summed E-state index contributed by atoms with van der Waals surface area (Å²) in [5.74, 6) is 0.683. The molecule has 2 N–H and O–H groups in total. The quantitative estimate of drug-likeness (QED) is 0.185. The van der Waals surface area contributed by atoms with E-state index in [1.807, 2.05) is 0 Å². The zero-order valence-corrected chi connectivity index (χ0v) is 20.4. The summed E-state index contributed by atoms with van der Waals surface area (Å²) in [4.78, 5) is 32.3. The van der Waals surface area contributed by atoms with Crippen LogP contribution < -0.4 is 10.6 Å². The van der Waals surface area contributed by atoms with Gasteiger partial charge in [-0.1, -0.05) is 51.1 Å². The van der Waals surface area contributed by atoms with Crippen LogP contribution in [0.2, 0.25) is 5.02 Å². The van der Waals surface area contributed by atoms with Crippen molar-refractivity contribution in [1.29, 1.82) is 0 Å². The van der Waals surface area contributed by atoms with Crippen molar-refractivity contribution in [3.8, 4) is 0 Å². The molecule has 3 aromatic rings. The van der Waals surface area contributed by atoms with Crippen LogP contribution in [0.5, 0.6) is 0 Å². The molecular formula is C21H26ClN7O3S. The van der Waals surface area contributed by atoms with Gasteiger partial charge in [-0.05, 0) is 12.0 Å². The lowest BCUT2D eigenvalue weighted by Crippen LogP contribution is -2.28. The van der Waals surface area contributed by atoms with Gasteiger partial charge in [-0.25, -0.2) is 14.6 Å². The van der Waals surface area contributed by atoms with Gasteiger partial charge in [0.05, 0.1) is 33.6 Å². The summed E-state index contributed by atoms with van der Waals surface area (Å²) in [6, 6.07) is 3.76. The third kappa shape index (κ3) is 6.32. The maximum atomic E-state index is 12.5. The molecule has 0 fully saturated rings. The summed E-state index contributed by atoms with van der Waals surface area (Å²) >= 11 is 7.62. The first-order valence-corrected chi connectivity index (χ1v) is 11.8. The minimum Gasteiger partial charge on any atom is -0.369 e. The smallest absolute Gasteiger partial charge is 0.270 e. The molecule has 0 spiro atoms. The Hall–Kier alpha value is -2.92. The van der Waals surface area contributed by atoms with Gasteiger partial charge in [-0.2, -0.15) is 5.10 Å². The molecule has 0 bridgehead atoms. The van der Waals surface area contributed by atoms with E-state index in [1.165, 1.54) is 12.1 Å². The second kappa shape index (κ2) is 10.8. The molecule has 176 valence electrons. The number of nitrogens with one attached hydrogen (secondary N) is 2. The molecule has 0 saturated heterocycles. The molecule has 0 atom stereocenters. The normalized spacial score (nSPS) is 11.4. The molecule has 1 amide bonds. The minimum atomic E-state index is -0.569. The van der Waals surface area contributed by atoms with Crippen molar-refractivity contribution < 1.29 is 9.72 Å². The maximum absolute atomic E-state index is 12.5. The van der Waals surface area contributed by atoms with Crippen molar-refractivity contribution in [3.05, 3.63) is 45.1 Å². The number of aromatic nitrogens is 4. The van der Waals surface area contributed by atoms with Gasteiger partial charge in [0, 0.05) is 30.5 Å². The highest BCUT2D eigenvalue weighted by Crippen LogP contribution is 2.27. The van der Waals surface area contributed by atoms with Gasteiger partial charge in [-0.15, -0.1) is 0 Å². The fourth-order valence-corrected chi connectivity index (χ4v) is 3.88. The van der Waals surface area contributed by atoms with E-state index in [9.17, 15) is 14.9 Å². The Morgan fingerprint density at radius 1 is 1.27 bits per heavy atom. The second-order valence-electron chi connectivity index (χ2n) is 8.08. The third-order valence-electron chi connectivity index (χ3n) is 4.51. The molecule has 0 saturated carbocycles. The Bertz CT molecular complexity index is 1170. The second-order valence-corrected chi connectivity index (χ2v) is 10.0. The van der Waals surface area contributed by atoms with Gasteiger partial charge in [-0.3, -0.25) is 14.9 Å². The number of nitro groups is 1. The van der Waals surface area contributed by atoms with E-state index in [0.29, 0.717) is 28.5 Å². The van der Waals surface area contributed by atoms with E-state index in [0.717, 1.165) is 23.8 Å². The number of halogens is 1. The molecule has 10 nitrogen and oxygen atoms in total. The number of amides is 1. The Morgan fingerprint density at radius 2 is 2.03 bits per heavy atom. The Kier molecular flexibility index (Phi) is 8.09. The number of anilines is 1. The molecule has 0 radical (unpaired) electrons. The highest BCUT2D eigenvalue weighted by molar-refractivity contribution is 7.99. The van der Waals surface area contributed by atoms with Crippen molar-refractivity contribution in [1.82, 2.24) is 25.1 Å². The average molecular weight is 492 g/mol. The molecule has 0 aliphatic heterocycles. The van der Waals surface area contributed by atoms with Gasteiger partial charge in [0.25, 0.3) is 11.6 Å². The average Bonchev–Trinajstić information content (AvgIpc) is 3.14. The number of hydrogen-bond acceptors (Lipinski definition) is 8. The fraction of sp³-hybridized carbons (Fsp3) is 0.429. The number of rotatable bonds is 10. The topological polar surface area (TPSA) is 128 Å². The SMILES string of the molecule is CC(C)CNc1nc(SC(C)C)nc2c1cnn2CCNC(=O)c1cc([N+](=O)[O-])ccc1Cl. The van der Waals surface area contributed by atoms with Crippen LogP contribution in [0.1, 0.15) is 38.1 Å². The van der Waals surface area contributed by atoms with Gasteiger partial charge < -0.3 is 10.6 Å². The van der Waals surface area contributed by atoms with Crippen molar-refractivity contribution in [2.75, 3.05) is 18.4 Å². The number of thioether (sulfide) groups is 1. The van der Waals surface area contributed by atoms with Crippen LogP contribution in [-0.2, 0) is 6.54 Å². The number of carbonyl (C=O) groups is 1. The van der Waals surface area contributed by atoms with Crippen LogP contribution in [0.4, 0.5) is 11.5 Å². The number of benzene rings is 1. The number of nitrogens with zero attached hydrogens (tertiary/aromatic N) is 5. The van der Waals surface area contributed by atoms with Gasteiger partial charge in [0.15, 0.2) is 10.8 Å². The van der Waals surface area contributed by atoms with Crippen LogP contribution in [0, 0.1) is 16.0 Å². The Morgan fingerprint density at radius 3 is 2.70 bits per heavy atom. The van der Waals surface area contributed by atoms with Crippen LogP contribution in [0.3, 0.4) is 0 Å². The van der Waals surface area contributed by atoms with Crippen molar-refractivity contribution in [2.24, 2.45) is 5.92 Å². The fourth-order valence-electron chi connectivity index (χ4n) is 2.97. The lowest BCUT2D eigenvalue weighted by molar-refractivity contribution is -0.384. The van der Waals surface area contributed by atoms with Crippen LogP contribution in [0.15, 0.2) is 29.6 Å². The maximum Gasteiger partial charge on any atom is 0.270 e. The molecule has 0 aliphatic rings. The Balaban J connectivity index is 1.77. The van der Waals surface area contributed by atoms with Crippen molar-refractivity contribution >= 4 is 51.8 Å². The van der Waals surface area contributed by atoms with E-state index in [4.69, 9.17) is 11.6 Å². The number of carbonyl (C=O) groups excluding carboxylic acids is 1. The molecule has 3 rings (SSSR count). The number of non-ortho nitro benzene ring substituents is 1. The zero-order chi connectivity index (χ0) is 24.1. The lowest BCUT2D eigenvalue weighted by Gasteiger charge is -2.12. The summed E-state index contributed by atoms with van der Waals surface area (Å²) in [6.45, 7) is 9.75. The Labute approximate surface area is 200 Å². The molecule has 33 heavy (non-hydrogen) atoms. The van der Waals surface area contributed by atoms with E-state index in [-0.39, 0.29) is 22.8 Å². The molecule has 2 heterocycles. The first-order valence-electron chi connectivity index (χ1n) is 10.5. The standard InChI is InChI=1S/C21H26ClN7O3S/c1-12(2)10-24-18-16-11-25-28(19(16)27-21(26-18)33-13(3)4)8-7-23-20(30)15-9-14(29(31)32)5-6-17(15)22/h5-6,9,11-13H,7-8,10H2,1-4H3,(H,23,30)(H,24,26,27). The predicted molar refractivity (Wildman–Crippen MR) is 130 cm³/mol. The zero-order valence-electron chi connectivity index (χ0n) is 18.8. The van der Waals surface area contributed by atoms with Crippen LogP contribution in [0.25, 0.3) is 11.0 Å². The molecular weight excluding hydrogens is 466 g/mol. The number of nitro benzene ring substituents is 1. The van der Waals surface area contributed by atoms with Crippen molar-refractivity contribution in [2.45, 2.75) is 44.6 Å². The molecule has 12 heteroatoms. The summed E-state index contributed by atoms with van der Waals surface area (Å²) in [5, 5.41) is 23.4. The molecule has 0 unspecified atom stereocenters. The van der Waals surface area contributed by atoms with Crippen LogP contribution >= 0.6 is 23.4 Å². The van der Waals surface area contributed by atoms with Gasteiger partial charge in [0.1, 0.15) is 5.82 Å². The summed E-state index contributed by atoms with van der Waals surface area (Å²) in [7, 11) is 0. The summed E-state index contributed by atoms with van der Waals surface area (Å²) in [6.07, 6.45) is 1.71. The summed E-state index contributed by atoms with van der Waals surface area (Å²) < 4.78 is 1.71. The van der Waals surface area contributed by atoms with Crippen molar-refractivity contribution in [3.63, 3.8) is 0 Å². The molecule has 1 aromatic carbocycles. The number of hydrogen-bond donors (Lipinski definition) is 2. The largest absolute Gasteiger partial charge is 0.369 e. The third-order valence-corrected chi connectivity index (χ3v) is 5.70. The minimum absolute atomic E-state index is 0.0503. The predicted octanol–water partition coefficient (Wildman–Crippen LogP) is 4.39. The number of fused-ring (bicyclic) bond motifs is 1. The first kappa shape index (κ1) is 24.7. The van der Waals surface area contributed by atoms with Gasteiger partial charge >= 0.3 is 0 Å².